The van der Waals surface area contributed by atoms with Crippen molar-refractivity contribution >= 4 is 21.6 Å². The summed E-state index contributed by atoms with van der Waals surface area (Å²) in [6.07, 6.45) is 6.43. The molecule has 1 N–H and O–H groups in total. The molecule has 7 heteroatoms. The van der Waals surface area contributed by atoms with E-state index in [2.05, 4.69) is 17.1 Å². The summed E-state index contributed by atoms with van der Waals surface area (Å²) < 4.78 is 27.4. The van der Waals surface area contributed by atoms with Gasteiger partial charge >= 0.3 is 0 Å². The SMILES string of the molecule is CCCN(CC(=O)Nc1cc(S(=O)(=O)N2CCCCC2)ccc1C)CC1CC1. The second kappa shape index (κ2) is 9.37. The summed E-state index contributed by atoms with van der Waals surface area (Å²) in [6.45, 7) is 7.40. The Hall–Kier alpha value is -1.44. The zero-order chi connectivity index (χ0) is 20.1. The molecule has 0 bridgehead atoms. The van der Waals surface area contributed by atoms with E-state index in [1.165, 1.54) is 12.8 Å². The molecule has 2 aliphatic rings. The number of carbonyl (C=O) groups excluding carboxylic acids is 1. The van der Waals surface area contributed by atoms with Gasteiger partial charge in [0.15, 0.2) is 0 Å². The van der Waals surface area contributed by atoms with Gasteiger partial charge in [0.2, 0.25) is 15.9 Å². The summed E-state index contributed by atoms with van der Waals surface area (Å²) in [6, 6.07) is 5.04. The lowest BCUT2D eigenvalue weighted by molar-refractivity contribution is -0.117. The molecule has 1 aliphatic heterocycles. The number of anilines is 1. The quantitative estimate of drug-likeness (QED) is 0.682. The van der Waals surface area contributed by atoms with E-state index in [1.54, 1.807) is 22.5 Å². The zero-order valence-electron chi connectivity index (χ0n) is 17.1. The van der Waals surface area contributed by atoms with Gasteiger partial charge in [-0.25, -0.2) is 8.42 Å². The topological polar surface area (TPSA) is 69.7 Å². The van der Waals surface area contributed by atoms with Gasteiger partial charge in [0.1, 0.15) is 0 Å². The van der Waals surface area contributed by atoms with Gasteiger partial charge in [0, 0.05) is 25.3 Å². The number of carbonyl (C=O) groups is 1. The van der Waals surface area contributed by atoms with Crippen LogP contribution in [-0.4, -0.2) is 56.3 Å². The molecule has 0 unspecified atom stereocenters. The highest BCUT2D eigenvalue weighted by Crippen LogP contribution is 2.30. The molecule has 1 aromatic rings. The number of hydrogen-bond acceptors (Lipinski definition) is 4. The standard InChI is InChI=1S/C21H33N3O3S/c1-3-11-23(15-18-8-9-18)16-21(25)22-20-14-19(10-7-17(20)2)28(26,27)24-12-5-4-6-13-24/h7,10,14,18H,3-6,8-9,11-13,15-16H2,1-2H3,(H,22,25). The molecule has 1 saturated heterocycles. The van der Waals surface area contributed by atoms with E-state index in [4.69, 9.17) is 0 Å². The molecular weight excluding hydrogens is 374 g/mol. The summed E-state index contributed by atoms with van der Waals surface area (Å²) in [5.74, 6) is 0.656. The molecule has 0 aromatic heterocycles. The van der Waals surface area contributed by atoms with Crippen LogP contribution in [0.1, 0.15) is 51.0 Å². The van der Waals surface area contributed by atoms with Crippen LogP contribution in [0.15, 0.2) is 23.1 Å². The molecule has 1 heterocycles. The molecule has 6 nitrogen and oxygen atoms in total. The second-order valence-electron chi connectivity index (χ2n) is 8.17. The van der Waals surface area contributed by atoms with Gasteiger partial charge in [0.25, 0.3) is 0 Å². The molecule has 0 atom stereocenters. The van der Waals surface area contributed by atoms with Crippen LogP contribution in [0.3, 0.4) is 0 Å². The van der Waals surface area contributed by atoms with E-state index >= 15 is 0 Å². The molecular formula is C21H33N3O3S. The number of piperidine rings is 1. The molecule has 2 fully saturated rings. The first-order valence-corrected chi connectivity index (χ1v) is 12.0. The Morgan fingerprint density at radius 2 is 1.93 bits per heavy atom. The Bertz CT molecular complexity index is 784. The second-order valence-corrected chi connectivity index (χ2v) is 10.1. The summed E-state index contributed by atoms with van der Waals surface area (Å²) in [7, 11) is -3.50. The summed E-state index contributed by atoms with van der Waals surface area (Å²) in [5.41, 5.74) is 1.46. The Kier molecular flexibility index (Phi) is 7.12. The van der Waals surface area contributed by atoms with Crippen LogP contribution in [0.5, 0.6) is 0 Å². The predicted molar refractivity (Wildman–Crippen MR) is 112 cm³/mol. The van der Waals surface area contributed by atoms with Gasteiger partial charge in [-0.05, 0) is 69.2 Å². The molecule has 1 aromatic carbocycles. The number of amides is 1. The van der Waals surface area contributed by atoms with Gasteiger partial charge in [-0.2, -0.15) is 4.31 Å². The Balaban J connectivity index is 1.69. The van der Waals surface area contributed by atoms with Crippen molar-refractivity contribution in [3.8, 4) is 0 Å². The van der Waals surface area contributed by atoms with Crippen molar-refractivity contribution in [2.24, 2.45) is 5.92 Å². The molecule has 1 saturated carbocycles. The number of sulfonamides is 1. The summed E-state index contributed by atoms with van der Waals surface area (Å²) >= 11 is 0. The molecule has 3 rings (SSSR count). The van der Waals surface area contributed by atoms with E-state index in [0.717, 1.165) is 50.3 Å². The van der Waals surface area contributed by atoms with Gasteiger partial charge in [0.05, 0.1) is 11.4 Å². The third kappa shape index (κ3) is 5.55. The zero-order valence-corrected chi connectivity index (χ0v) is 17.9. The fourth-order valence-corrected chi connectivity index (χ4v) is 5.30. The maximum Gasteiger partial charge on any atom is 0.243 e. The minimum atomic E-state index is -3.50. The summed E-state index contributed by atoms with van der Waals surface area (Å²) in [5, 5.41) is 2.94. The highest BCUT2D eigenvalue weighted by atomic mass is 32.2. The van der Waals surface area contributed by atoms with Crippen LogP contribution in [0.25, 0.3) is 0 Å². The first-order chi connectivity index (χ1) is 13.4. The van der Waals surface area contributed by atoms with E-state index in [1.807, 2.05) is 6.92 Å². The third-order valence-electron chi connectivity index (χ3n) is 5.56. The van der Waals surface area contributed by atoms with Crippen LogP contribution in [0.2, 0.25) is 0 Å². The van der Waals surface area contributed by atoms with Crippen molar-refractivity contribution in [1.82, 2.24) is 9.21 Å². The van der Waals surface area contributed by atoms with Crippen LogP contribution in [0, 0.1) is 12.8 Å². The lowest BCUT2D eigenvalue weighted by atomic mass is 10.2. The number of rotatable bonds is 9. The minimum Gasteiger partial charge on any atom is -0.325 e. The van der Waals surface area contributed by atoms with Crippen LogP contribution >= 0.6 is 0 Å². The molecule has 0 spiro atoms. The number of hydrogen-bond donors (Lipinski definition) is 1. The van der Waals surface area contributed by atoms with Crippen molar-refractivity contribution in [3.05, 3.63) is 23.8 Å². The maximum atomic E-state index is 12.9. The van der Waals surface area contributed by atoms with Gasteiger partial charge in [-0.15, -0.1) is 0 Å². The number of nitrogens with one attached hydrogen (secondary N) is 1. The Morgan fingerprint density at radius 3 is 2.57 bits per heavy atom. The average Bonchev–Trinajstić information content (AvgIpc) is 3.48. The van der Waals surface area contributed by atoms with Gasteiger partial charge in [-0.1, -0.05) is 19.4 Å². The normalized spacial score (nSPS) is 18.4. The highest BCUT2D eigenvalue weighted by Gasteiger charge is 2.27. The molecule has 1 aliphatic carbocycles. The molecule has 0 radical (unpaired) electrons. The maximum absolute atomic E-state index is 12.9. The smallest absolute Gasteiger partial charge is 0.243 e. The lowest BCUT2D eigenvalue weighted by Crippen LogP contribution is -2.36. The highest BCUT2D eigenvalue weighted by molar-refractivity contribution is 7.89. The molecule has 28 heavy (non-hydrogen) atoms. The predicted octanol–water partition coefficient (Wildman–Crippen LogP) is 3.23. The summed E-state index contributed by atoms with van der Waals surface area (Å²) in [4.78, 5) is 15.1. The first-order valence-electron chi connectivity index (χ1n) is 10.5. The lowest BCUT2D eigenvalue weighted by Gasteiger charge is -2.26. The average molecular weight is 408 g/mol. The van der Waals surface area contributed by atoms with Crippen LogP contribution in [0.4, 0.5) is 5.69 Å². The van der Waals surface area contributed by atoms with Crippen molar-refractivity contribution in [3.63, 3.8) is 0 Å². The van der Waals surface area contributed by atoms with Crippen LogP contribution in [-0.2, 0) is 14.8 Å². The van der Waals surface area contributed by atoms with Gasteiger partial charge in [-0.3, -0.25) is 9.69 Å². The van der Waals surface area contributed by atoms with Crippen molar-refractivity contribution in [1.29, 1.82) is 0 Å². The Morgan fingerprint density at radius 1 is 1.21 bits per heavy atom. The first kappa shape index (κ1) is 21.3. The monoisotopic (exact) mass is 407 g/mol. The number of nitrogens with zero attached hydrogens (tertiary/aromatic N) is 2. The fraction of sp³-hybridized carbons (Fsp3) is 0.667. The van der Waals surface area contributed by atoms with E-state index < -0.39 is 10.0 Å². The largest absolute Gasteiger partial charge is 0.325 e. The van der Waals surface area contributed by atoms with Gasteiger partial charge < -0.3 is 5.32 Å². The van der Waals surface area contributed by atoms with Crippen molar-refractivity contribution in [2.75, 3.05) is 38.0 Å². The molecule has 156 valence electrons. The van der Waals surface area contributed by atoms with Crippen molar-refractivity contribution in [2.45, 2.75) is 57.3 Å². The van der Waals surface area contributed by atoms with Crippen LogP contribution < -0.4 is 5.32 Å². The molecule has 1 amide bonds. The Labute approximate surface area is 169 Å². The van der Waals surface area contributed by atoms with E-state index in [0.29, 0.717) is 25.3 Å². The third-order valence-corrected chi connectivity index (χ3v) is 7.45. The van der Waals surface area contributed by atoms with Crippen molar-refractivity contribution < 1.29 is 13.2 Å². The minimum absolute atomic E-state index is 0.0790. The number of aryl methyl sites for hydroxylation is 1. The fourth-order valence-electron chi connectivity index (χ4n) is 3.76. The number of benzene rings is 1. The van der Waals surface area contributed by atoms with E-state index in [-0.39, 0.29) is 10.8 Å². The van der Waals surface area contributed by atoms with E-state index in [9.17, 15) is 13.2 Å².